The number of aryl methyl sites for hydroxylation is 1. The second kappa shape index (κ2) is 6.60. The van der Waals surface area contributed by atoms with E-state index in [4.69, 9.17) is 8.83 Å². The van der Waals surface area contributed by atoms with Crippen molar-refractivity contribution in [1.82, 2.24) is 15.5 Å². The van der Waals surface area contributed by atoms with Gasteiger partial charge in [-0.1, -0.05) is 11.8 Å². The first-order chi connectivity index (χ1) is 11.3. The number of nitrogens with one attached hydrogen (secondary N) is 1. The van der Waals surface area contributed by atoms with Gasteiger partial charge in [-0.2, -0.15) is 0 Å². The number of thioether (sulfide) groups is 1. The molecule has 3 heterocycles. The van der Waals surface area contributed by atoms with Crippen molar-refractivity contribution in [2.75, 3.05) is 11.5 Å². The van der Waals surface area contributed by atoms with Crippen LogP contribution in [0.5, 0.6) is 0 Å². The zero-order valence-corrected chi connectivity index (χ0v) is 14.8. The number of amides is 1. The normalized spacial score (nSPS) is 20.8. The second-order valence-electron chi connectivity index (χ2n) is 5.63. The lowest BCUT2D eigenvalue weighted by Gasteiger charge is -2.14. The predicted molar refractivity (Wildman–Crippen MR) is 87.3 cm³/mol. The fraction of sp³-hybridized carbons (Fsp3) is 0.500. The van der Waals surface area contributed by atoms with Gasteiger partial charge in [-0.05, 0) is 26.3 Å². The van der Waals surface area contributed by atoms with Crippen LogP contribution in [-0.2, 0) is 14.6 Å². The fourth-order valence-corrected chi connectivity index (χ4v) is 4.77. The first kappa shape index (κ1) is 17.0. The van der Waals surface area contributed by atoms with Crippen LogP contribution in [0.15, 0.2) is 26.4 Å². The van der Waals surface area contributed by atoms with Gasteiger partial charge in [0.15, 0.2) is 9.84 Å². The summed E-state index contributed by atoms with van der Waals surface area (Å²) < 4.78 is 33.6. The molecule has 1 fully saturated rings. The lowest BCUT2D eigenvalue weighted by molar-refractivity contribution is -0.120. The zero-order valence-electron chi connectivity index (χ0n) is 13.2. The molecule has 0 radical (unpaired) electrons. The van der Waals surface area contributed by atoms with E-state index >= 15 is 0 Å². The van der Waals surface area contributed by atoms with Gasteiger partial charge in [-0.3, -0.25) is 4.79 Å². The van der Waals surface area contributed by atoms with E-state index in [1.165, 1.54) is 6.26 Å². The van der Waals surface area contributed by atoms with Crippen molar-refractivity contribution < 1.29 is 22.0 Å². The third-order valence-corrected chi connectivity index (χ3v) is 6.42. The summed E-state index contributed by atoms with van der Waals surface area (Å²) in [6.07, 6.45) is 1.99. The van der Waals surface area contributed by atoms with E-state index in [-0.39, 0.29) is 28.7 Å². The average Bonchev–Trinajstić information content (AvgIpc) is 3.20. The van der Waals surface area contributed by atoms with Crippen LogP contribution in [0.2, 0.25) is 0 Å². The quantitative estimate of drug-likeness (QED) is 0.785. The zero-order chi connectivity index (χ0) is 17.3. The van der Waals surface area contributed by atoms with Gasteiger partial charge in [0.2, 0.25) is 5.91 Å². The highest BCUT2D eigenvalue weighted by Gasteiger charge is 2.30. The van der Waals surface area contributed by atoms with Gasteiger partial charge < -0.3 is 14.2 Å². The van der Waals surface area contributed by atoms with Crippen molar-refractivity contribution in [2.24, 2.45) is 0 Å². The number of aromatic nitrogens is 2. The van der Waals surface area contributed by atoms with Crippen LogP contribution in [0.1, 0.15) is 19.1 Å². The fourth-order valence-electron chi connectivity index (χ4n) is 2.41. The van der Waals surface area contributed by atoms with Crippen LogP contribution >= 0.6 is 11.8 Å². The molecule has 0 bridgehead atoms. The molecule has 3 rings (SSSR count). The van der Waals surface area contributed by atoms with E-state index in [2.05, 4.69) is 15.5 Å². The Balaban J connectivity index is 1.59. The molecule has 0 spiro atoms. The first-order valence-corrected chi connectivity index (χ1v) is 10.1. The van der Waals surface area contributed by atoms with E-state index in [1.807, 2.05) is 0 Å². The maximum Gasteiger partial charge on any atom is 0.277 e. The Morgan fingerprint density at radius 3 is 2.88 bits per heavy atom. The van der Waals surface area contributed by atoms with Crippen LogP contribution in [-0.4, -0.2) is 47.3 Å². The highest BCUT2D eigenvalue weighted by molar-refractivity contribution is 8.00. The Bertz CT molecular complexity index is 842. The number of sulfone groups is 1. The summed E-state index contributed by atoms with van der Waals surface area (Å²) in [5, 5.41) is 10.4. The number of carbonyl (C=O) groups excluding carboxylic acids is 1. The van der Waals surface area contributed by atoms with E-state index in [0.29, 0.717) is 23.6 Å². The van der Waals surface area contributed by atoms with Crippen molar-refractivity contribution in [3.8, 4) is 11.5 Å². The van der Waals surface area contributed by atoms with E-state index in [0.717, 1.165) is 11.8 Å². The minimum atomic E-state index is -3.02. The molecular weight excluding hydrogens is 354 g/mol. The van der Waals surface area contributed by atoms with Gasteiger partial charge in [0.05, 0.1) is 28.6 Å². The largest absolute Gasteiger partial charge is 0.469 e. The molecule has 1 amide bonds. The third-order valence-electron chi connectivity index (χ3n) is 3.72. The lowest BCUT2D eigenvalue weighted by atomic mass is 10.2. The van der Waals surface area contributed by atoms with Crippen LogP contribution in [0.3, 0.4) is 0 Å². The third kappa shape index (κ3) is 3.81. The molecule has 24 heavy (non-hydrogen) atoms. The number of nitrogens with zero attached hydrogens (tertiary/aromatic N) is 2. The Kier molecular flexibility index (Phi) is 4.68. The summed E-state index contributed by atoms with van der Waals surface area (Å²) in [7, 11) is -3.02. The summed E-state index contributed by atoms with van der Waals surface area (Å²) in [4.78, 5) is 12.2. The molecule has 0 aromatic carbocycles. The predicted octanol–water partition coefficient (Wildman–Crippen LogP) is 1.42. The van der Waals surface area contributed by atoms with Crippen molar-refractivity contribution in [2.45, 2.75) is 36.8 Å². The molecule has 2 atom stereocenters. The lowest BCUT2D eigenvalue weighted by Crippen LogP contribution is -2.39. The number of carbonyl (C=O) groups is 1. The Hall–Kier alpha value is -1.81. The monoisotopic (exact) mass is 371 g/mol. The molecule has 0 saturated carbocycles. The summed E-state index contributed by atoms with van der Waals surface area (Å²) in [5.41, 5.74) is 0.711. The van der Waals surface area contributed by atoms with Crippen LogP contribution in [0, 0.1) is 6.92 Å². The molecule has 1 aliphatic rings. The minimum absolute atomic E-state index is 0.000594. The Morgan fingerprint density at radius 2 is 2.25 bits per heavy atom. The van der Waals surface area contributed by atoms with Gasteiger partial charge in [0.1, 0.15) is 5.76 Å². The minimum Gasteiger partial charge on any atom is -0.469 e. The highest BCUT2D eigenvalue weighted by Crippen LogP contribution is 2.28. The molecule has 130 valence electrons. The first-order valence-electron chi connectivity index (χ1n) is 7.39. The molecule has 2 aromatic rings. The molecule has 0 aliphatic carbocycles. The molecule has 1 saturated heterocycles. The summed E-state index contributed by atoms with van der Waals surface area (Å²) >= 11 is 1.13. The number of hydrogen-bond donors (Lipinski definition) is 1. The standard InChI is InChI=1S/C14H17N3O5S2/c1-8-11(3-5-21-8)13-16-17-14(22-13)23-9(2)12(18)15-10-4-6-24(19,20)7-10/h3,5,9-10H,4,6-7H2,1-2H3,(H,15,18)/t9-,10-/m0/s1. The summed E-state index contributed by atoms with van der Waals surface area (Å²) in [6, 6.07) is 1.41. The van der Waals surface area contributed by atoms with E-state index < -0.39 is 15.1 Å². The van der Waals surface area contributed by atoms with Gasteiger partial charge in [-0.15, -0.1) is 10.2 Å². The smallest absolute Gasteiger partial charge is 0.277 e. The van der Waals surface area contributed by atoms with Crippen LogP contribution in [0.25, 0.3) is 11.5 Å². The van der Waals surface area contributed by atoms with E-state index in [1.54, 1.807) is 19.9 Å². The Labute approximate surface area is 143 Å². The molecule has 0 unspecified atom stereocenters. The number of furan rings is 1. The van der Waals surface area contributed by atoms with Crippen molar-refractivity contribution in [3.63, 3.8) is 0 Å². The van der Waals surface area contributed by atoms with Crippen molar-refractivity contribution in [3.05, 3.63) is 18.1 Å². The van der Waals surface area contributed by atoms with Crippen molar-refractivity contribution in [1.29, 1.82) is 0 Å². The average molecular weight is 371 g/mol. The number of hydrogen-bond acceptors (Lipinski definition) is 8. The summed E-state index contributed by atoms with van der Waals surface area (Å²) in [5.74, 6) is 0.875. The maximum atomic E-state index is 12.2. The van der Waals surface area contributed by atoms with Gasteiger partial charge in [-0.25, -0.2) is 8.42 Å². The van der Waals surface area contributed by atoms with Gasteiger partial charge >= 0.3 is 0 Å². The van der Waals surface area contributed by atoms with E-state index in [9.17, 15) is 13.2 Å². The molecule has 8 nitrogen and oxygen atoms in total. The topological polar surface area (TPSA) is 115 Å². The molecule has 2 aromatic heterocycles. The summed E-state index contributed by atoms with van der Waals surface area (Å²) in [6.45, 7) is 3.49. The van der Waals surface area contributed by atoms with Crippen LogP contribution in [0.4, 0.5) is 0 Å². The molecule has 1 N–H and O–H groups in total. The van der Waals surface area contributed by atoms with Crippen LogP contribution < -0.4 is 5.32 Å². The van der Waals surface area contributed by atoms with Crippen molar-refractivity contribution >= 4 is 27.5 Å². The SMILES string of the molecule is Cc1occc1-c1nnc(S[C@@H](C)C(=O)N[C@H]2CCS(=O)(=O)C2)o1. The number of rotatable bonds is 5. The second-order valence-corrected chi connectivity index (χ2v) is 9.15. The molecule has 1 aliphatic heterocycles. The maximum absolute atomic E-state index is 12.2. The van der Waals surface area contributed by atoms with Gasteiger partial charge in [0.25, 0.3) is 11.1 Å². The molecular formula is C14H17N3O5S2. The Morgan fingerprint density at radius 1 is 1.46 bits per heavy atom. The van der Waals surface area contributed by atoms with Gasteiger partial charge in [0, 0.05) is 6.04 Å². The molecule has 10 heteroatoms. The highest BCUT2D eigenvalue weighted by atomic mass is 32.2.